The minimum atomic E-state index is -0.484. The van der Waals surface area contributed by atoms with Crippen molar-refractivity contribution in [3.63, 3.8) is 0 Å². The maximum Gasteiger partial charge on any atom is 0.374 e. The summed E-state index contributed by atoms with van der Waals surface area (Å²) >= 11 is 0. The molecule has 0 amide bonds. The summed E-state index contributed by atoms with van der Waals surface area (Å²) in [6, 6.07) is 7.02. The van der Waals surface area contributed by atoms with E-state index in [4.69, 9.17) is 14.4 Å². The molecule has 0 bridgehead atoms. The molecule has 1 aromatic carbocycles. The molecular formula is C12H9NO3. The van der Waals surface area contributed by atoms with Crippen molar-refractivity contribution in [2.45, 2.75) is 6.92 Å². The molecule has 0 saturated carbocycles. The van der Waals surface area contributed by atoms with Crippen molar-refractivity contribution in [2.24, 2.45) is 0 Å². The van der Waals surface area contributed by atoms with E-state index in [0.717, 1.165) is 5.39 Å². The van der Waals surface area contributed by atoms with Crippen molar-refractivity contribution in [2.75, 3.05) is 6.61 Å². The first-order chi connectivity index (χ1) is 7.76. The van der Waals surface area contributed by atoms with Crippen molar-refractivity contribution in [1.29, 1.82) is 5.26 Å². The molecule has 0 saturated heterocycles. The summed E-state index contributed by atoms with van der Waals surface area (Å²) in [6.45, 7) is 2.04. The Hall–Kier alpha value is -2.28. The predicted octanol–water partition coefficient (Wildman–Crippen LogP) is 2.48. The van der Waals surface area contributed by atoms with Crippen LogP contribution in [0.2, 0.25) is 0 Å². The Morgan fingerprint density at radius 2 is 2.38 bits per heavy atom. The Morgan fingerprint density at radius 3 is 3.06 bits per heavy atom. The van der Waals surface area contributed by atoms with Crippen molar-refractivity contribution in [3.8, 4) is 6.07 Å². The van der Waals surface area contributed by atoms with Crippen molar-refractivity contribution >= 4 is 16.7 Å². The number of carbonyl (C=O) groups excluding carboxylic acids is 1. The highest BCUT2D eigenvalue weighted by Crippen LogP contribution is 2.22. The lowest BCUT2D eigenvalue weighted by Crippen LogP contribution is -2.03. The number of esters is 1. The molecule has 0 spiro atoms. The summed E-state index contributed by atoms with van der Waals surface area (Å²) in [6.07, 6.45) is 1.45. The normalized spacial score (nSPS) is 10.0. The number of rotatable bonds is 2. The van der Waals surface area contributed by atoms with E-state index in [1.807, 2.05) is 6.07 Å². The summed E-state index contributed by atoms with van der Waals surface area (Å²) in [5.74, 6) is -0.302. The van der Waals surface area contributed by atoms with Crippen LogP contribution in [0.15, 0.2) is 28.9 Å². The van der Waals surface area contributed by atoms with Crippen LogP contribution in [-0.2, 0) is 4.74 Å². The van der Waals surface area contributed by atoms with Crippen LogP contribution in [0.5, 0.6) is 0 Å². The van der Waals surface area contributed by atoms with Gasteiger partial charge in [-0.05, 0) is 25.1 Å². The molecule has 0 fully saturated rings. The molecule has 80 valence electrons. The number of carbonyl (C=O) groups is 1. The van der Waals surface area contributed by atoms with E-state index in [1.165, 1.54) is 6.26 Å². The largest absolute Gasteiger partial charge is 0.460 e. The molecule has 16 heavy (non-hydrogen) atoms. The standard InChI is InChI=1S/C12H9NO3/c1-2-15-12(14)11-10-4-3-8(6-13)5-9(10)7-16-11/h3-5,7H,2H2,1H3. The number of hydrogen-bond acceptors (Lipinski definition) is 4. The van der Waals surface area contributed by atoms with E-state index < -0.39 is 5.97 Å². The Balaban J connectivity index is 2.50. The molecule has 0 aliphatic heterocycles. The summed E-state index contributed by atoms with van der Waals surface area (Å²) in [7, 11) is 0. The van der Waals surface area contributed by atoms with Crippen LogP contribution in [0, 0.1) is 11.3 Å². The topological polar surface area (TPSA) is 63.2 Å². The molecule has 4 heteroatoms. The molecule has 0 radical (unpaired) electrons. The Labute approximate surface area is 92.0 Å². The first-order valence-electron chi connectivity index (χ1n) is 4.84. The van der Waals surface area contributed by atoms with Gasteiger partial charge in [-0.15, -0.1) is 0 Å². The van der Waals surface area contributed by atoms with Gasteiger partial charge >= 0.3 is 5.97 Å². The minimum Gasteiger partial charge on any atom is -0.460 e. The second-order valence-corrected chi connectivity index (χ2v) is 3.20. The molecular weight excluding hydrogens is 206 g/mol. The zero-order valence-corrected chi connectivity index (χ0v) is 8.69. The van der Waals surface area contributed by atoms with Gasteiger partial charge in [0, 0.05) is 10.8 Å². The van der Waals surface area contributed by atoms with Crippen LogP contribution >= 0.6 is 0 Å². The summed E-state index contributed by atoms with van der Waals surface area (Å²) in [5.41, 5.74) is 0.531. The maximum absolute atomic E-state index is 11.5. The Bertz CT molecular complexity index is 577. The lowest BCUT2D eigenvalue weighted by molar-refractivity contribution is 0.0493. The van der Waals surface area contributed by atoms with Crippen LogP contribution < -0.4 is 0 Å². The third kappa shape index (κ3) is 1.63. The van der Waals surface area contributed by atoms with Crippen LogP contribution in [0.25, 0.3) is 10.8 Å². The number of nitrogens with zero attached hydrogens (tertiary/aromatic N) is 1. The molecule has 2 aromatic rings. The first kappa shape index (κ1) is 10.2. The monoisotopic (exact) mass is 215 g/mol. The lowest BCUT2D eigenvalue weighted by Gasteiger charge is -1.98. The fourth-order valence-electron chi connectivity index (χ4n) is 1.48. The summed E-state index contributed by atoms with van der Waals surface area (Å²) in [5, 5.41) is 10.1. The number of hydrogen-bond donors (Lipinski definition) is 0. The van der Waals surface area contributed by atoms with Crippen molar-refractivity contribution in [3.05, 3.63) is 35.8 Å². The predicted molar refractivity (Wildman–Crippen MR) is 56.9 cm³/mol. The van der Waals surface area contributed by atoms with Gasteiger partial charge in [-0.1, -0.05) is 0 Å². The fourth-order valence-corrected chi connectivity index (χ4v) is 1.48. The second kappa shape index (κ2) is 4.07. The molecule has 2 rings (SSSR count). The SMILES string of the molecule is CCOC(=O)c1occ2cc(C#N)ccc12. The van der Waals surface area contributed by atoms with Gasteiger partial charge < -0.3 is 9.15 Å². The lowest BCUT2D eigenvalue weighted by atomic mass is 10.1. The van der Waals surface area contributed by atoms with Crippen molar-refractivity contribution in [1.82, 2.24) is 0 Å². The van der Waals surface area contributed by atoms with E-state index in [0.29, 0.717) is 17.6 Å². The first-order valence-corrected chi connectivity index (χ1v) is 4.84. The van der Waals surface area contributed by atoms with Gasteiger partial charge in [-0.2, -0.15) is 5.26 Å². The molecule has 1 heterocycles. The summed E-state index contributed by atoms with van der Waals surface area (Å²) < 4.78 is 10.00. The molecule has 0 N–H and O–H groups in total. The number of benzene rings is 1. The molecule has 1 aromatic heterocycles. The van der Waals surface area contributed by atoms with Gasteiger partial charge in [0.05, 0.1) is 24.5 Å². The van der Waals surface area contributed by atoms with E-state index in [-0.39, 0.29) is 5.76 Å². The van der Waals surface area contributed by atoms with Gasteiger partial charge in [0.15, 0.2) is 0 Å². The van der Waals surface area contributed by atoms with Gasteiger partial charge in [0.2, 0.25) is 5.76 Å². The highest BCUT2D eigenvalue weighted by molar-refractivity contribution is 6.02. The number of ether oxygens (including phenoxy) is 1. The molecule has 0 atom stereocenters. The van der Waals surface area contributed by atoms with E-state index >= 15 is 0 Å². The fraction of sp³-hybridized carbons (Fsp3) is 0.167. The third-order valence-corrected chi connectivity index (χ3v) is 2.19. The van der Waals surface area contributed by atoms with E-state index in [1.54, 1.807) is 25.1 Å². The van der Waals surface area contributed by atoms with Gasteiger partial charge in [0.1, 0.15) is 0 Å². The second-order valence-electron chi connectivity index (χ2n) is 3.20. The number of fused-ring (bicyclic) bond motifs is 1. The van der Waals surface area contributed by atoms with Gasteiger partial charge in [-0.3, -0.25) is 0 Å². The van der Waals surface area contributed by atoms with Gasteiger partial charge in [0.25, 0.3) is 0 Å². The Kier molecular flexibility index (Phi) is 2.61. The molecule has 4 nitrogen and oxygen atoms in total. The zero-order valence-electron chi connectivity index (χ0n) is 8.69. The van der Waals surface area contributed by atoms with Crippen LogP contribution in [0.4, 0.5) is 0 Å². The van der Waals surface area contributed by atoms with Crippen molar-refractivity contribution < 1.29 is 13.9 Å². The number of nitriles is 1. The summed E-state index contributed by atoms with van der Waals surface area (Å²) in [4.78, 5) is 11.5. The quantitative estimate of drug-likeness (QED) is 0.722. The highest BCUT2D eigenvalue weighted by Gasteiger charge is 2.15. The third-order valence-electron chi connectivity index (χ3n) is 2.19. The zero-order chi connectivity index (χ0) is 11.5. The number of furan rings is 1. The molecule has 0 unspecified atom stereocenters. The van der Waals surface area contributed by atoms with Crippen LogP contribution in [0.3, 0.4) is 0 Å². The van der Waals surface area contributed by atoms with E-state index in [2.05, 4.69) is 0 Å². The maximum atomic E-state index is 11.5. The average molecular weight is 215 g/mol. The smallest absolute Gasteiger partial charge is 0.374 e. The van der Waals surface area contributed by atoms with E-state index in [9.17, 15) is 4.79 Å². The molecule has 0 aliphatic rings. The average Bonchev–Trinajstić information content (AvgIpc) is 2.71. The minimum absolute atomic E-state index is 0.182. The Morgan fingerprint density at radius 1 is 1.56 bits per heavy atom. The highest BCUT2D eigenvalue weighted by atomic mass is 16.5. The van der Waals surface area contributed by atoms with Gasteiger partial charge in [-0.25, -0.2) is 4.79 Å². The van der Waals surface area contributed by atoms with Crippen LogP contribution in [0.1, 0.15) is 23.0 Å². The molecule has 0 aliphatic carbocycles. The van der Waals surface area contributed by atoms with Crippen LogP contribution in [-0.4, -0.2) is 12.6 Å².